The van der Waals surface area contributed by atoms with E-state index in [-0.39, 0.29) is 29.6 Å². The van der Waals surface area contributed by atoms with Gasteiger partial charge < -0.3 is 0 Å². The first-order valence-electron chi connectivity index (χ1n) is 6.68. The molecule has 5 heteroatoms. The van der Waals surface area contributed by atoms with Crippen molar-refractivity contribution in [1.82, 2.24) is 0 Å². The second-order valence-corrected chi connectivity index (χ2v) is 5.37. The summed E-state index contributed by atoms with van der Waals surface area (Å²) in [6, 6.07) is 12.3. The number of carbonyl (C=O) groups excluding carboxylic acids is 2. The van der Waals surface area contributed by atoms with Gasteiger partial charge in [-0.25, -0.2) is 4.39 Å². The van der Waals surface area contributed by atoms with E-state index in [4.69, 9.17) is 11.6 Å². The lowest BCUT2D eigenvalue weighted by molar-refractivity contribution is 0.0967. The standard InChI is InChI=1S/C17H11ClFNO2/c18-14-15(20-9-10-5-7-11(19)8-6-10)17(22)13-4-2-1-3-12(13)16(14)21/h1-8,14H,9H2. The first kappa shape index (κ1) is 14.6. The summed E-state index contributed by atoms with van der Waals surface area (Å²) in [5.74, 6) is -1.00. The maximum Gasteiger partial charge on any atom is 0.209 e. The van der Waals surface area contributed by atoms with Gasteiger partial charge in [0.05, 0.1) is 6.54 Å². The molecular weight excluding hydrogens is 305 g/mol. The van der Waals surface area contributed by atoms with Gasteiger partial charge in [-0.15, -0.1) is 11.6 Å². The Morgan fingerprint density at radius 3 is 2.32 bits per heavy atom. The van der Waals surface area contributed by atoms with Gasteiger partial charge in [0.15, 0.2) is 5.78 Å². The molecule has 0 aromatic heterocycles. The van der Waals surface area contributed by atoms with E-state index in [2.05, 4.69) is 4.99 Å². The van der Waals surface area contributed by atoms with E-state index in [0.29, 0.717) is 11.1 Å². The van der Waals surface area contributed by atoms with E-state index in [1.807, 2.05) is 0 Å². The molecule has 1 aliphatic rings. The fourth-order valence-corrected chi connectivity index (χ4v) is 2.61. The van der Waals surface area contributed by atoms with Crippen LogP contribution in [0.1, 0.15) is 26.3 Å². The number of fused-ring (bicyclic) bond motifs is 1. The average Bonchev–Trinajstić information content (AvgIpc) is 2.54. The summed E-state index contributed by atoms with van der Waals surface area (Å²) >= 11 is 6.09. The first-order chi connectivity index (χ1) is 10.6. The van der Waals surface area contributed by atoms with E-state index >= 15 is 0 Å². The Morgan fingerprint density at radius 1 is 1.00 bits per heavy atom. The van der Waals surface area contributed by atoms with Gasteiger partial charge >= 0.3 is 0 Å². The van der Waals surface area contributed by atoms with Crippen molar-refractivity contribution in [2.24, 2.45) is 4.99 Å². The van der Waals surface area contributed by atoms with Crippen LogP contribution in [0.4, 0.5) is 4.39 Å². The maximum absolute atomic E-state index is 12.9. The molecule has 0 radical (unpaired) electrons. The molecule has 0 saturated heterocycles. The van der Waals surface area contributed by atoms with Crippen molar-refractivity contribution < 1.29 is 14.0 Å². The summed E-state index contributed by atoms with van der Waals surface area (Å²) < 4.78 is 12.9. The zero-order valence-electron chi connectivity index (χ0n) is 11.4. The van der Waals surface area contributed by atoms with Gasteiger partial charge in [-0.05, 0) is 17.7 Å². The second kappa shape index (κ2) is 5.81. The smallest absolute Gasteiger partial charge is 0.209 e. The predicted octanol–water partition coefficient (Wildman–Crippen LogP) is 3.45. The van der Waals surface area contributed by atoms with Crippen molar-refractivity contribution in [3.63, 3.8) is 0 Å². The predicted molar refractivity (Wildman–Crippen MR) is 82.3 cm³/mol. The van der Waals surface area contributed by atoms with Crippen LogP contribution in [-0.2, 0) is 6.54 Å². The third kappa shape index (κ3) is 2.57. The Morgan fingerprint density at radius 2 is 1.64 bits per heavy atom. The molecule has 2 aromatic carbocycles. The number of carbonyl (C=O) groups is 2. The van der Waals surface area contributed by atoms with E-state index < -0.39 is 5.38 Å². The van der Waals surface area contributed by atoms with E-state index in [1.54, 1.807) is 36.4 Å². The largest absolute Gasteiger partial charge is 0.292 e. The molecule has 0 saturated carbocycles. The Hall–Kier alpha value is -2.33. The van der Waals surface area contributed by atoms with Crippen molar-refractivity contribution in [3.8, 4) is 0 Å². The molecule has 0 fully saturated rings. The molecule has 22 heavy (non-hydrogen) atoms. The quantitative estimate of drug-likeness (QED) is 0.797. The minimum Gasteiger partial charge on any atom is -0.292 e. The summed E-state index contributed by atoms with van der Waals surface area (Å²) in [6.45, 7) is 0.167. The monoisotopic (exact) mass is 315 g/mol. The van der Waals surface area contributed by atoms with Gasteiger partial charge in [0.2, 0.25) is 5.78 Å². The third-order valence-electron chi connectivity index (χ3n) is 3.49. The fourth-order valence-electron chi connectivity index (χ4n) is 2.33. The number of hydrogen-bond donors (Lipinski definition) is 0. The van der Waals surface area contributed by atoms with Crippen LogP contribution in [0.5, 0.6) is 0 Å². The topological polar surface area (TPSA) is 46.5 Å². The molecule has 0 N–H and O–H groups in total. The van der Waals surface area contributed by atoms with Crippen molar-refractivity contribution in [2.45, 2.75) is 11.9 Å². The normalized spacial score (nSPS) is 19.4. The molecule has 1 atom stereocenters. The van der Waals surface area contributed by atoms with Crippen LogP contribution in [0.25, 0.3) is 0 Å². The highest BCUT2D eigenvalue weighted by atomic mass is 35.5. The second-order valence-electron chi connectivity index (χ2n) is 4.93. The SMILES string of the molecule is O=C1C(=NCc2ccc(F)cc2)C(Cl)C(=O)c2ccccc21. The number of rotatable bonds is 2. The number of nitrogens with zero attached hydrogens (tertiary/aromatic N) is 1. The molecule has 0 amide bonds. The number of alkyl halides is 1. The molecule has 0 heterocycles. The van der Waals surface area contributed by atoms with Crippen LogP contribution in [0.3, 0.4) is 0 Å². The molecule has 3 nitrogen and oxygen atoms in total. The van der Waals surface area contributed by atoms with Crippen LogP contribution >= 0.6 is 11.6 Å². The lowest BCUT2D eigenvalue weighted by Crippen LogP contribution is -2.38. The molecule has 2 aromatic rings. The van der Waals surface area contributed by atoms with E-state index in [0.717, 1.165) is 5.56 Å². The maximum atomic E-state index is 12.9. The van der Waals surface area contributed by atoms with Gasteiger partial charge in [-0.1, -0.05) is 36.4 Å². The fraction of sp³-hybridized carbons (Fsp3) is 0.118. The van der Waals surface area contributed by atoms with Crippen molar-refractivity contribution in [1.29, 1.82) is 0 Å². The third-order valence-corrected chi connectivity index (χ3v) is 3.89. The van der Waals surface area contributed by atoms with Crippen molar-refractivity contribution in [2.75, 3.05) is 0 Å². The number of aliphatic imine (C=N–C) groups is 1. The van der Waals surface area contributed by atoms with Gasteiger partial charge in [-0.2, -0.15) is 0 Å². The first-order valence-corrected chi connectivity index (χ1v) is 7.12. The molecule has 0 spiro atoms. The van der Waals surface area contributed by atoms with Crippen LogP contribution < -0.4 is 0 Å². The molecule has 0 aliphatic heterocycles. The minimum absolute atomic E-state index is 0.0368. The summed E-state index contributed by atoms with van der Waals surface area (Å²) in [5, 5.41) is -1.08. The highest BCUT2D eigenvalue weighted by molar-refractivity contribution is 6.64. The number of ketones is 2. The van der Waals surface area contributed by atoms with E-state index in [9.17, 15) is 14.0 Å². The lowest BCUT2D eigenvalue weighted by atomic mass is 9.88. The highest BCUT2D eigenvalue weighted by Crippen LogP contribution is 2.23. The van der Waals surface area contributed by atoms with Gasteiger partial charge in [0, 0.05) is 11.1 Å². The van der Waals surface area contributed by atoms with Crippen LogP contribution in [-0.4, -0.2) is 22.7 Å². The Bertz CT molecular complexity index is 784. The molecular formula is C17H11ClFNO2. The minimum atomic E-state index is -1.08. The van der Waals surface area contributed by atoms with Crippen molar-refractivity contribution in [3.05, 3.63) is 71.0 Å². The summed E-state index contributed by atoms with van der Waals surface area (Å²) in [7, 11) is 0. The Labute approximate surface area is 131 Å². The Kier molecular flexibility index (Phi) is 3.86. The van der Waals surface area contributed by atoms with Crippen LogP contribution in [0, 0.1) is 5.82 Å². The number of hydrogen-bond acceptors (Lipinski definition) is 3. The van der Waals surface area contributed by atoms with Crippen LogP contribution in [0.2, 0.25) is 0 Å². The van der Waals surface area contributed by atoms with Gasteiger partial charge in [0.1, 0.15) is 16.9 Å². The van der Waals surface area contributed by atoms with E-state index in [1.165, 1.54) is 12.1 Å². The number of halogens is 2. The average molecular weight is 316 g/mol. The summed E-state index contributed by atoms with van der Waals surface area (Å²) in [4.78, 5) is 28.8. The number of Topliss-reactive ketones (excluding diaryl/α,β-unsaturated/α-hetero) is 2. The Balaban J connectivity index is 1.94. The van der Waals surface area contributed by atoms with Crippen molar-refractivity contribution >= 4 is 28.9 Å². The summed E-state index contributed by atoms with van der Waals surface area (Å²) in [5.41, 5.74) is 1.42. The van der Waals surface area contributed by atoms with Gasteiger partial charge in [0.25, 0.3) is 0 Å². The zero-order valence-corrected chi connectivity index (χ0v) is 12.2. The molecule has 110 valence electrons. The molecule has 1 aliphatic carbocycles. The molecule has 3 rings (SSSR count). The highest BCUT2D eigenvalue weighted by Gasteiger charge is 2.36. The van der Waals surface area contributed by atoms with Gasteiger partial charge in [-0.3, -0.25) is 14.6 Å². The summed E-state index contributed by atoms with van der Waals surface area (Å²) in [6.07, 6.45) is 0. The van der Waals surface area contributed by atoms with Crippen LogP contribution in [0.15, 0.2) is 53.5 Å². The number of benzene rings is 2. The zero-order chi connectivity index (χ0) is 15.7. The molecule has 1 unspecified atom stereocenters. The lowest BCUT2D eigenvalue weighted by Gasteiger charge is -2.19. The molecule has 0 bridgehead atoms.